The van der Waals surface area contributed by atoms with Crippen LogP contribution in [0.15, 0.2) is 85.1 Å². The minimum absolute atomic E-state index is 0.0661. The summed E-state index contributed by atoms with van der Waals surface area (Å²) in [6, 6.07) is -0.893. The Hall–Kier alpha value is -2.32. The molecule has 0 bridgehead atoms. The molecular formula is C50H89N2O6P. The molecule has 0 heterocycles. The molecule has 340 valence electrons. The van der Waals surface area contributed by atoms with Crippen molar-refractivity contribution in [3.05, 3.63) is 85.1 Å². The molecule has 0 aromatic rings. The molecule has 59 heavy (non-hydrogen) atoms. The van der Waals surface area contributed by atoms with Gasteiger partial charge in [-0.1, -0.05) is 189 Å². The lowest BCUT2D eigenvalue weighted by Crippen LogP contribution is -2.45. The van der Waals surface area contributed by atoms with Gasteiger partial charge in [0.1, 0.15) is 0 Å². The van der Waals surface area contributed by atoms with E-state index in [0.717, 1.165) is 83.5 Å². The number of hydrogen-bond acceptors (Lipinski definition) is 6. The van der Waals surface area contributed by atoms with Crippen molar-refractivity contribution >= 4 is 13.7 Å². The Morgan fingerprint density at radius 1 is 0.576 bits per heavy atom. The number of phosphoric ester groups is 1. The Bertz CT molecular complexity index is 1190. The second-order valence-electron chi connectivity index (χ2n) is 15.6. The largest absolute Gasteiger partial charge is 0.472 e. The summed E-state index contributed by atoms with van der Waals surface area (Å²) in [7, 11) is -4.36. The summed E-state index contributed by atoms with van der Waals surface area (Å²) < 4.78 is 22.2. The Labute approximate surface area is 362 Å². The molecule has 8 nitrogen and oxygen atoms in total. The van der Waals surface area contributed by atoms with Gasteiger partial charge in [0.05, 0.1) is 25.4 Å². The first-order valence-corrected chi connectivity index (χ1v) is 25.2. The van der Waals surface area contributed by atoms with E-state index in [0.29, 0.717) is 6.42 Å². The zero-order chi connectivity index (χ0) is 43.2. The Morgan fingerprint density at radius 2 is 1.00 bits per heavy atom. The van der Waals surface area contributed by atoms with Crippen LogP contribution in [-0.2, 0) is 18.4 Å². The number of nitrogens with one attached hydrogen (secondary N) is 1. The van der Waals surface area contributed by atoms with E-state index in [4.69, 9.17) is 14.8 Å². The van der Waals surface area contributed by atoms with E-state index < -0.39 is 20.0 Å². The van der Waals surface area contributed by atoms with Gasteiger partial charge in [0, 0.05) is 13.0 Å². The number of nitrogens with two attached hydrogens (primary N) is 1. The van der Waals surface area contributed by atoms with Crippen LogP contribution in [0.4, 0.5) is 0 Å². The number of hydrogen-bond donors (Lipinski definition) is 4. The maximum Gasteiger partial charge on any atom is 0.472 e. The molecule has 0 rings (SSSR count). The highest BCUT2D eigenvalue weighted by molar-refractivity contribution is 7.47. The molecule has 0 aromatic heterocycles. The number of aliphatic hydroxyl groups excluding tert-OH is 1. The smallest absolute Gasteiger partial charge is 0.387 e. The molecule has 1 amide bonds. The first-order chi connectivity index (χ1) is 28.9. The fourth-order valence-corrected chi connectivity index (χ4v) is 7.15. The van der Waals surface area contributed by atoms with Crippen LogP contribution < -0.4 is 11.1 Å². The lowest BCUT2D eigenvalue weighted by atomic mass is 10.1. The van der Waals surface area contributed by atoms with Gasteiger partial charge in [-0.05, 0) is 83.5 Å². The molecule has 3 unspecified atom stereocenters. The van der Waals surface area contributed by atoms with Crippen LogP contribution in [0.5, 0.6) is 0 Å². The summed E-state index contributed by atoms with van der Waals surface area (Å²) in [5.41, 5.74) is 5.38. The second kappa shape index (κ2) is 45.2. The minimum Gasteiger partial charge on any atom is -0.387 e. The number of allylic oxidation sites excluding steroid dienone is 13. The maximum absolute atomic E-state index is 12.8. The molecule has 0 aromatic carbocycles. The number of unbranched alkanes of at least 4 members (excludes halogenated alkanes) is 19. The predicted octanol–water partition coefficient (Wildman–Crippen LogP) is 13.8. The van der Waals surface area contributed by atoms with Gasteiger partial charge in [0.15, 0.2) is 0 Å². The molecule has 0 saturated heterocycles. The fraction of sp³-hybridized carbons (Fsp3) is 0.700. The van der Waals surface area contributed by atoms with Gasteiger partial charge < -0.3 is 21.1 Å². The molecule has 0 spiro atoms. The zero-order valence-corrected chi connectivity index (χ0v) is 38.6. The summed E-state index contributed by atoms with van der Waals surface area (Å²) in [6.07, 6.45) is 60.7. The highest BCUT2D eigenvalue weighted by Gasteiger charge is 2.26. The normalized spacial score (nSPS) is 14.7. The van der Waals surface area contributed by atoms with E-state index in [9.17, 15) is 19.4 Å². The van der Waals surface area contributed by atoms with Crippen LogP contribution in [0.1, 0.15) is 194 Å². The number of amides is 1. The Kier molecular flexibility index (Phi) is 43.4. The van der Waals surface area contributed by atoms with Gasteiger partial charge in [-0.25, -0.2) is 4.57 Å². The van der Waals surface area contributed by atoms with Crippen molar-refractivity contribution in [2.24, 2.45) is 5.73 Å². The van der Waals surface area contributed by atoms with Crippen LogP contribution in [0.25, 0.3) is 0 Å². The summed E-state index contributed by atoms with van der Waals surface area (Å²) in [6.45, 7) is 3.98. The molecular weight excluding hydrogens is 756 g/mol. The van der Waals surface area contributed by atoms with Crippen molar-refractivity contribution < 1.29 is 28.4 Å². The number of aliphatic hydroxyl groups is 1. The van der Waals surface area contributed by atoms with E-state index in [1.54, 1.807) is 6.08 Å². The predicted molar refractivity (Wildman–Crippen MR) is 253 cm³/mol. The van der Waals surface area contributed by atoms with E-state index in [-0.39, 0.29) is 25.7 Å². The van der Waals surface area contributed by atoms with Crippen molar-refractivity contribution in [1.82, 2.24) is 5.32 Å². The monoisotopic (exact) mass is 845 g/mol. The van der Waals surface area contributed by atoms with Gasteiger partial charge in [-0.2, -0.15) is 0 Å². The van der Waals surface area contributed by atoms with Gasteiger partial charge in [0.2, 0.25) is 5.91 Å². The van der Waals surface area contributed by atoms with Crippen LogP contribution in [0.3, 0.4) is 0 Å². The molecule has 9 heteroatoms. The van der Waals surface area contributed by atoms with Crippen molar-refractivity contribution in [3.8, 4) is 0 Å². The molecule has 5 N–H and O–H groups in total. The van der Waals surface area contributed by atoms with Gasteiger partial charge in [-0.3, -0.25) is 13.8 Å². The quantitative estimate of drug-likeness (QED) is 0.0273. The maximum atomic E-state index is 12.8. The Morgan fingerprint density at radius 3 is 1.51 bits per heavy atom. The van der Waals surface area contributed by atoms with E-state index in [1.165, 1.54) is 89.9 Å². The van der Waals surface area contributed by atoms with Crippen LogP contribution >= 0.6 is 7.82 Å². The number of carbonyl (C=O) groups excluding carboxylic acids is 1. The summed E-state index contributed by atoms with van der Waals surface area (Å²) in [4.78, 5) is 22.8. The lowest BCUT2D eigenvalue weighted by Gasteiger charge is -2.23. The third-order valence-electron chi connectivity index (χ3n) is 9.93. The molecule has 0 aliphatic rings. The van der Waals surface area contributed by atoms with Crippen LogP contribution in [-0.4, -0.2) is 47.8 Å². The molecule has 0 radical (unpaired) electrons. The average molecular weight is 845 g/mol. The molecule has 3 atom stereocenters. The first-order valence-electron chi connectivity index (χ1n) is 23.7. The van der Waals surface area contributed by atoms with E-state index in [2.05, 4.69) is 92.1 Å². The van der Waals surface area contributed by atoms with Gasteiger partial charge >= 0.3 is 7.82 Å². The minimum atomic E-state index is -4.36. The van der Waals surface area contributed by atoms with Crippen LogP contribution in [0.2, 0.25) is 0 Å². The van der Waals surface area contributed by atoms with Crippen molar-refractivity contribution in [2.75, 3.05) is 19.8 Å². The van der Waals surface area contributed by atoms with Crippen molar-refractivity contribution in [2.45, 2.75) is 206 Å². The highest BCUT2D eigenvalue weighted by Crippen LogP contribution is 2.43. The zero-order valence-electron chi connectivity index (χ0n) is 37.7. The van der Waals surface area contributed by atoms with Crippen molar-refractivity contribution in [3.63, 3.8) is 0 Å². The topological polar surface area (TPSA) is 131 Å². The summed E-state index contributed by atoms with van der Waals surface area (Å²) in [5, 5.41) is 13.7. The average Bonchev–Trinajstić information content (AvgIpc) is 3.22. The molecule has 0 aliphatic carbocycles. The molecule has 0 saturated carbocycles. The number of rotatable bonds is 43. The van der Waals surface area contributed by atoms with Gasteiger partial charge in [0.25, 0.3) is 0 Å². The Balaban J connectivity index is 4.26. The highest BCUT2D eigenvalue weighted by atomic mass is 31.2. The number of phosphoric acid groups is 1. The third kappa shape index (κ3) is 43.6. The summed E-state index contributed by atoms with van der Waals surface area (Å²) >= 11 is 0. The van der Waals surface area contributed by atoms with Crippen LogP contribution in [0, 0.1) is 0 Å². The molecule has 0 fully saturated rings. The van der Waals surface area contributed by atoms with E-state index in [1.807, 2.05) is 6.08 Å². The summed E-state index contributed by atoms with van der Waals surface area (Å²) in [5.74, 6) is -0.220. The SMILES string of the molecule is CC/C=C\C/C=C\C/C=C\C/C=C\CCCCCCCCCCC(=O)NC(COP(=O)(O)OCCN)C(O)/C=C/CC/C=C/CC/C=C/CCCCCCCCCCC. The van der Waals surface area contributed by atoms with E-state index >= 15 is 0 Å². The lowest BCUT2D eigenvalue weighted by molar-refractivity contribution is -0.123. The third-order valence-corrected chi connectivity index (χ3v) is 10.9. The van der Waals surface area contributed by atoms with Gasteiger partial charge in [-0.15, -0.1) is 0 Å². The first kappa shape index (κ1) is 56.7. The molecule has 0 aliphatic heterocycles. The second-order valence-corrected chi connectivity index (χ2v) is 17.0. The standard InChI is InChI=1S/C50H89N2O6P/c1-3-5-7-9-11-13-15-17-19-21-23-24-26-28-30-32-34-36-38-40-42-44-50(54)52-48(47-58-59(55,56)57-46-45-51)49(53)43-41-39-37-35-33-31-29-27-25-22-20-18-16-14-12-10-8-6-4-2/h5,7,11,13,17,19,23-25,27,33,35,41,43,48-49,53H,3-4,6,8-10,12,14-16,18,20-22,26,28-32,34,36-40,42,44-47,51H2,1-2H3,(H,52,54)(H,55,56)/b7-5-,13-11-,19-17-,24-23-,27-25+,35-33+,43-41+. The van der Waals surface area contributed by atoms with Crippen molar-refractivity contribution in [1.29, 1.82) is 0 Å². The fourth-order valence-electron chi connectivity index (χ4n) is 6.39. The number of carbonyl (C=O) groups is 1.